The lowest BCUT2D eigenvalue weighted by molar-refractivity contribution is 0.0691. The number of carboxylic acid groups (broad SMARTS) is 1. The molecule has 6 rings (SSSR count). The van der Waals surface area contributed by atoms with Gasteiger partial charge in [-0.15, -0.1) is 11.3 Å². The number of anilines is 1. The molecular weight excluding hydrogens is 588 g/mol. The summed E-state index contributed by atoms with van der Waals surface area (Å²) < 4.78 is 6.15. The fourth-order valence-corrected chi connectivity index (χ4v) is 7.32. The van der Waals surface area contributed by atoms with Gasteiger partial charge < -0.3 is 26.2 Å². The third kappa shape index (κ3) is 6.21. The number of rotatable bonds is 7. The number of aromatic carboxylic acids is 1. The maximum atomic E-state index is 14.2. The number of aryl methyl sites for hydroxylation is 2. The maximum Gasteiger partial charge on any atom is 0.355 e. The lowest BCUT2D eigenvalue weighted by atomic mass is 9.93. The van der Waals surface area contributed by atoms with Gasteiger partial charge >= 0.3 is 5.97 Å². The predicted octanol–water partition coefficient (Wildman–Crippen LogP) is 6.50. The fraction of sp³-hybridized carbons (Fsp3) is 0.314. The molecule has 0 bridgehead atoms. The molecule has 2 aromatic heterocycles. The second kappa shape index (κ2) is 12.8. The Morgan fingerprint density at radius 2 is 1.73 bits per heavy atom. The summed E-state index contributed by atoms with van der Waals surface area (Å²) in [5.74, 6) is -1.56. The van der Waals surface area contributed by atoms with Crippen LogP contribution in [0.4, 0.5) is 5.69 Å². The van der Waals surface area contributed by atoms with Gasteiger partial charge in [0.05, 0.1) is 6.61 Å². The van der Waals surface area contributed by atoms with Crippen LogP contribution in [-0.4, -0.2) is 40.5 Å². The molecule has 2 aromatic carbocycles. The first-order chi connectivity index (χ1) is 21.7. The van der Waals surface area contributed by atoms with Crippen LogP contribution in [0.3, 0.4) is 0 Å². The summed E-state index contributed by atoms with van der Waals surface area (Å²) in [4.78, 5) is 45.2. The van der Waals surface area contributed by atoms with Crippen molar-refractivity contribution in [1.29, 1.82) is 0 Å². The van der Waals surface area contributed by atoms with Crippen LogP contribution in [0.15, 0.2) is 47.8 Å². The van der Waals surface area contributed by atoms with E-state index in [0.717, 1.165) is 64.8 Å². The molecule has 1 aliphatic carbocycles. The van der Waals surface area contributed by atoms with Gasteiger partial charge in [-0.25, -0.2) is 9.78 Å². The molecule has 45 heavy (non-hydrogen) atoms. The Morgan fingerprint density at radius 3 is 2.44 bits per heavy atom. The van der Waals surface area contributed by atoms with Crippen molar-refractivity contribution in [3.05, 3.63) is 87.0 Å². The van der Waals surface area contributed by atoms with Gasteiger partial charge in [-0.3, -0.25) is 9.59 Å². The van der Waals surface area contributed by atoms with Crippen LogP contribution in [0.2, 0.25) is 0 Å². The number of thiophene rings is 1. The number of fused-ring (bicyclic) bond motifs is 3. The second-order valence-electron chi connectivity index (χ2n) is 11.7. The number of carboxylic acids is 1. The maximum absolute atomic E-state index is 14.2. The van der Waals surface area contributed by atoms with E-state index in [-0.39, 0.29) is 28.6 Å². The summed E-state index contributed by atoms with van der Waals surface area (Å²) >= 11 is 1.57. The number of hydrogen-bond donors (Lipinski definition) is 4. The Hall–Kier alpha value is -4.54. The molecule has 10 heteroatoms. The topological polar surface area (TPSA) is 144 Å². The first-order valence-electron chi connectivity index (χ1n) is 15.3. The molecule has 0 atom stereocenters. The monoisotopic (exact) mass is 624 g/mol. The summed E-state index contributed by atoms with van der Waals surface area (Å²) in [6.07, 6.45) is 5.74. The highest BCUT2D eigenvalue weighted by molar-refractivity contribution is 7.13. The Kier molecular flexibility index (Phi) is 8.69. The van der Waals surface area contributed by atoms with Crippen LogP contribution in [0, 0.1) is 13.8 Å². The predicted molar refractivity (Wildman–Crippen MR) is 175 cm³/mol. The largest absolute Gasteiger partial charge is 0.493 e. The molecule has 0 saturated heterocycles. The van der Waals surface area contributed by atoms with Crippen LogP contribution < -0.4 is 21.1 Å². The third-order valence-electron chi connectivity index (χ3n) is 8.61. The first-order valence-corrected chi connectivity index (χ1v) is 16.2. The van der Waals surface area contributed by atoms with E-state index < -0.39 is 17.8 Å². The standard InChI is InChI=1S/C35H36N4O5S/c1-19-14-21(18-36)15-20(2)30(19)39-33(40)26-16-27-29(44-12-10-22-11-13-45-32(22)27)17-25(26)24-8-9-28(38-31(24)35(42)43)34(41)37-23-6-4-3-5-7-23/h8-9,11,13-17,23H,3-7,10,12,18,36H2,1-2H3,(H,37,41)(H,39,40)(H,42,43). The summed E-state index contributed by atoms with van der Waals surface area (Å²) in [5, 5.41) is 18.4. The number of aromatic nitrogens is 1. The smallest absolute Gasteiger partial charge is 0.355 e. The molecule has 2 amide bonds. The molecule has 1 saturated carbocycles. The van der Waals surface area contributed by atoms with Crippen LogP contribution in [0.5, 0.6) is 5.75 Å². The molecule has 9 nitrogen and oxygen atoms in total. The van der Waals surface area contributed by atoms with Crippen molar-refractivity contribution in [1.82, 2.24) is 10.3 Å². The minimum atomic E-state index is -1.30. The Balaban J connectivity index is 1.46. The van der Waals surface area contributed by atoms with E-state index in [9.17, 15) is 19.5 Å². The quantitative estimate of drug-likeness (QED) is 0.184. The van der Waals surface area contributed by atoms with E-state index in [1.165, 1.54) is 6.07 Å². The van der Waals surface area contributed by atoms with Crippen molar-refractivity contribution in [2.45, 2.75) is 65.0 Å². The SMILES string of the molecule is Cc1cc(CN)cc(C)c1NC(=O)c1cc2c(cc1-c1ccc(C(=O)NC3CCCCC3)nc1C(=O)O)OCCc1ccsc1-2. The second-order valence-corrected chi connectivity index (χ2v) is 12.7. The summed E-state index contributed by atoms with van der Waals surface area (Å²) in [7, 11) is 0. The zero-order valence-electron chi connectivity index (χ0n) is 25.4. The number of carbonyl (C=O) groups excluding carboxylic acids is 2. The van der Waals surface area contributed by atoms with E-state index in [2.05, 4.69) is 21.7 Å². The Labute approximate surface area is 265 Å². The average Bonchev–Trinajstić information content (AvgIpc) is 3.43. The minimum absolute atomic E-state index is 0.0215. The summed E-state index contributed by atoms with van der Waals surface area (Å²) in [6.45, 7) is 4.65. The number of nitrogens with two attached hydrogens (primary N) is 1. The summed E-state index contributed by atoms with van der Waals surface area (Å²) in [6, 6.07) is 12.6. The minimum Gasteiger partial charge on any atom is -0.493 e. The lowest BCUT2D eigenvalue weighted by Crippen LogP contribution is -2.36. The van der Waals surface area contributed by atoms with E-state index >= 15 is 0 Å². The van der Waals surface area contributed by atoms with Gasteiger partial charge in [0.2, 0.25) is 0 Å². The van der Waals surface area contributed by atoms with Crippen LogP contribution in [0.1, 0.15) is 85.7 Å². The molecule has 5 N–H and O–H groups in total. The van der Waals surface area contributed by atoms with Gasteiger partial charge in [0, 0.05) is 51.8 Å². The highest BCUT2D eigenvalue weighted by Gasteiger charge is 2.27. The van der Waals surface area contributed by atoms with Gasteiger partial charge in [0.1, 0.15) is 11.4 Å². The van der Waals surface area contributed by atoms with Gasteiger partial charge in [-0.1, -0.05) is 31.4 Å². The number of carbonyl (C=O) groups is 3. The van der Waals surface area contributed by atoms with Crippen molar-refractivity contribution in [2.75, 3.05) is 11.9 Å². The van der Waals surface area contributed by atoms with Gasteiger partial charge in [-0.05, 0) is 84.7 Å². The van der Waals surface area contributed by atoms with Crippen molar-refractivity contribution in [3.63, 3.8) is 0 Å². The molecule has 1 fully saturated rings. The summed E-state index contributed by atoms with van der Waals surface area (Å²) in [5.41, 5.74) is 11.7. The van der Waals surface area contributed by atoms with Gasteiger partial charge in [-0.2, -0.15) is 0 Å². The van der Waals surface area contributed by atoms with E-state index in [1.54, 1.807) is 29.5 Å². The molecule has 0 spiro atoms. The third-order valence-corrected chi connectivity index (χ3v) is 9.60. The van der Waals surface area contributed by atoms with E-state index in [4.69, 9.17) is 10.5 Å². The number of nitrogens with one attached hydrogen (secondary N) is 2. The van der Waals surface area contributed by atoms with Crippen LogP contribution in [0.25, 0.3) is 21.6 Å². The molecule has 0 unspecified atom stereocenters. The Morgan fingerprint density at radius 1 is 0.978 bits per heavy atom. The van der Waals surface area contributed by atoms with E-state index in [0.29, 0.717) is 36.6 Å². The zero-order valence-corrected chi connectivity index (χ0v) is 26.2. The zero-order chi connectivity index (χ0) is 31.7. The molecule has 4 aromatic rings. The Bertz CT molecular complexity index is 1780. The number of nitrogens with zero attached hydrogens (tertiary/aromatic N) is 1. The number of amides is 2. The molecular formula is C35H36N4O5S. The van der Waals surface area contributed by atoms with Crippen LogP contribution in [-0.2, 0) is 13.0 Å². The first kappa shape index (κ1) is 30.5. The van der Waals surface area contributed by atoms with Crippen LogP contribution >= 0.6 is 11.3 Å². The fourth-order valence-electron chi connectivity index (χ4n) is 6.35. The highest BCUT2D eigenvalue weighted by atomic mass is 32.1. The molecule has 1 aliphatic heterocycles. The van der Waals surface area contributed by atoms with Crippen molar-refractivity contribution in [2.24, 2.45) is 5.73 Å². The normalized spacial score (nSPS) is 14.5. The number of benzene rings is 2. The van der Waals surface area contributed by atoms with Crippen molar-refractivity contribution >= 4 is 34.8 Å². The number of ether oxygens (including phenoxy) is 1. The number of hydrogen-bond acceptors (Lipinski definition) is 7. The lowest BCUT2D eigenvalue weighted by Gasteiger charge is -2.22. The average molecular weight is 625 g/mol. The van der Waals surface area contributed by atoms with Gasteiger partial charge in [0.15, 0.2) is 5.69 Å². The molecule has 2 aliphatic rings. The molecule has 3 heterocycles. The molecule has 0 radical (unpaired) electrons. The van der Waals surface area contributed by atoms with Crippen molar-refractivity contribution < 1.29 is 24.2 Å². The highest BCUT2D eigenvalue weighted by Crippen LogP contribution is 2.43. The van der Waals surface area contributed by atoms with E-state index in [1.807, 2.05) is 31.4 Å². The van der Waals surface area contributed by atoms with Crippen molar-refractivity contribution in [3.8, 4) is 27.3 Å². The molecule has 232 valence electrons. The number of pyridine rings is 1. The van der Waals surface area contributed by atoms with Gasteiger partial charge in [0.25, 0.3) is 11.8 Å².